The highest BCUT2D eigenvalue weighted by molar-refractivity contribution is 14.0. The molecule has 0 saturated carbocycles. The van der Waals surface area contributed by atoms with E-state index in [-0.39, 0.29) is 24.0 Å². The van der Waals surface area contributed by atoms with Gasteiger partial charge in [-0.05, 0) is 32.3 Å². The normalized spacial score (nSPS) is 17.3. The van der Waals surface area contributed by atoms with Crippen LogP contribution in [0.15, 0.2) is 22.8 Å². The van der Waals surface area contributed by atoms with E-state index in [1.165, 1.54) is 11.3 Å². The molecule has 3 rings (SSSR count). The maximum atomic E-state index is 4.73. The molecule has 6 nitrogen and oxygen atoms in total. The van der Waals surface area contributed by atoms with Gasteiger partial charge in [0.1, 0.15) is 5.01 Å². The van der Waals surface area contributed by atoms with Crippen LogP contribution in [0.3, 0.4) is 0 Å². The van der Waals surface area contributed by atoms with E-state index in [4.69, 9.17) is 5.10 Å². The van der Waals surface area contributed by atoms with Gasteiger partial charge in [-0.2, -0.15) is 5.10 Å². The molecule has 1 aliphatic carbocycles. The van der Waals surface area contributed by atoms with Crippen LogP contribution in [0.25, 0.3) is 0 Å². The molecule has 0 bridgehead atoms. The van der Waals surface area contributed by atoms with Gasteiger partial charge in [0.15, 0.2) is 5.96 Å². The largest absolute Gasteiger partial charge is 0.353 e. The molecular formula is C16H25IN6S. The Kier molecular flexibility index (Phi) is 7.02. The molecule has 2 heterocycles. The number of rotatable bonds is 4. The lowest BCUT2D eigenvalue weighted by Crippen LogP contribution is -2.45. The first-order valence-corrected chi connectivity index (χ1v) is 8.96. The van der Waals surface area contributed by atoms with Crippen LogP contribution in [0.4, 0.5) is 0 Å². The third-order valence-corrected chi connectivity index (χ3v) is 4.86. The van der Waals surface area contributed by atoms with Crippen molar-refractivity contribution in [2.45, 2.75) is 51.7 Å². The first kappa shape index (κ1) is 19.2. The first-order valence-electron chi connectivity index (χ1n) is 8.08. The Labute approximate surface area is 164 Å². The summed E-state index contributed by atoms with van der Waals surface area (Å²) < 4.78 is 2.07. The van der Waals surface area contributed by atoms with Crippen LogP contribution in [-0.4, -0.2) is 33.8 Å². The molecule has 0 fully saturated rings. The lowest BCUT2D eigenvalue weighted by Gasteiger charge is -2.24. The van der Waals surface area contributed by atoms with Gasteiger partial charge in [0, 0.05) is 43.3 Å². The SMILES string of the molecule is CN=C(NCc1nccs1)NC1CCc2cn(C(C)C)nc2C1.I. The number of halogens is 1. The molecule has 0 saturated heterocycles. The number of thiazole rings is 1. The number of aliphatic imine (C=N–C) groups is 1. The predicted octanol–water partition coefficient (Wildman–Crippen LogP) is 2.76. The number of aryl methyl sites for hydroxylation is 1. The minimum absolute atomic E-state index is 0. The third-order valence-electron chi connectivity index (χ3n) is 4.08. The molecule has 1 atom stereocenters. The lowest BCUT2D eigenvalue weighted by atomic mass is 9.94. The van der Waals surface area contributed by atoms with Gasteiger partial charge >= 0.3 is 0 Å². The Hall–Kier alpha value is -1.16. The number of nitrogens with zero attached hydrogens (tertiary/aromatic N) is 4. The number of fused-ring (bicyclic) bond motifs is 1. The van der Waals surface area contributed by atoms with Crippen LogP contribution in [0.5, 0.6) is 0 Å². The third kappa shape index (κ3) is 4.69. The number of aromatic nitrogens is 3. The summed E-state index contributed by atoms with van der Waals surface area (Å²) in [7, 11) is 1.80. The van der Waals surface area contributed by atoms with Crippen molar-refractivity contribution >= 4 is 41.3 Å². The van der Waals surface area contributed by atoms with Crippen molar-refractivity contribution in [2.75, 3.05) is 7.05 Å². The second-order valence-corrected chi connectivity index (χ2v) is 7.09. The molecule has 24 heavy (non-hydrogen) atoms. The van der Waals surface area contributed by atoms with Gasteiger partial charge in [0.05, 0.1) is 12.2 Å². The summed E-state index contributed by atoms with van der Waals surface area (Å²) in [5.41, 5.74) is 2.61. The molecular weight excluding hydrogens is 435 g/mol. The standard InChI is InChI=1S/C16H24N6S.HI/c1-11(2)22-10-12-4-5-13(8-14(12)21-22)20-16(17-3)19-9-15-18-6-7-23-15;/h6-7,10-11,13H,4-5,8-9H2,1-3H3,(H2,17,19,20);1H. The van der Waals surface area contributed by atoms with Gasteiger partial charge in [-0.25, -0.2) is 4.98 Å². The second-order valence-electron chi connectivity index (χ2n) is 6.11. The molecule has 8 heteroatoms. The quantitative estimate of drug-likeness (QED) is 0.419. The highest BCUT2D eigenvalue weighted by Crippen LogP contribution is 2.21. The van der Waals surface area contributed by atoms with Crippen molar-refractivity contribution in [3.05, 3.63) is 34.0 Å². The summed E-state index contributed by atoms with van der Waals surface area (Å²) in [4.78, 5) is 8.60. The van der Waals surface area contributed by atoms with E-state index < -0.39 is 0 Å². The van der Waals surface area contributed by atoms with Gasteiger partial charge in [0.2, 0.25) is 0 Å². The molecule has 0 radical (unpaired) electrons. The van der Waals surface area contributed by atoms with Crippen molar-refractivity contribution in [3.8, 4) is 0 Å². The topological polar surface area (TPSA) is 67.1 Å². The van der Waals surface area contributed by atoms with E-state index in [0.717, 1.165) is 30.2 Å². The van der Waals surface area contributed by atoms with E-state index >= 15 is 0 Å². The van der Waals surface area contributed by atoms with Gasteiger partial charge in [-0.3, -0.25) is 9.67 Å². The molecule has 2 N–H and O–H groups in total. The average Bonchev–Trinajstić information content (AvgIpc) is 3.20. The molecule has 1 aliphatic rings. The number of hydrogen-bond acceptors (Lipinski definition) is 4. The minimum Gasteiger partial charge on any atom is -0.353 e. The Morgan fingerprint density at radius 1 is 1.50 bits per heavy atom. The first-order chi connectivity index (χ1) is 11.2. The maximum absolute atomic E-state index is 4.73. The van der Waals surface area contributed by atoms with Crippen LogP contribution >= 0.6 is 35.3 Å². The summed E-state index contributed by atoms with van der Waals surface area (Å²) >= 11 is 1.65. The van der Waals surface area contributed by atoms with E-state index in [1.807, 2.05) is 11.6 Å². The molecule has 132 valence electrons. The van der Waals surface area contributed by atoms with Crippen LogP contribution in [0, 0.1) is 0 Å². The van der Waals surface area contributed by atoms with Gasteiger partial charge in [0.25, 0.3) is 0 Å². The zero-order valence-electron chi connectivity index (χ0n) is 14.3. The molecule has 2 aromatic heterocycles. The monoisotopic (exact) mass is 460 g/mol. The number of nitrogens with one attached hydrogen (secondary N) is 2. The van der Waals surface area contributed by atoms with E-state index in [2.05, 4.69) is 45.3 Å². The Morgan fingerprint density at radius 2 is 2.33 bits per heavy atom. The maximum Gasteiger partial charge on any atom is 0.191 e. The Balaban J connectivity index is 0.00000208. The zero-order valence-corrected chi connectivity index (χ0v) is 17.5. The van der Waals surface area contributed by atoms with Crippen molar-refractivity contribution in [3.63, 3.8) is 0 Å². The van der Waals surface area contributed by atoms with Crippen LogP contribution < -0.4 is 10.6 Å². The lowest BCUT2D eigenvalue weighted by molar-refractivity contribution is 0.499. The molecule has 0 amide bonds. The van der Waals surface area contributed by atoms with E-state index in [1.54, 1.807) is 18.4 Å². The smallest absolute Gasteiger partial charge is 0.191 e. The Morgan fingerprint density at radius 3 is 3.00 bits per heavy atom. The Bertz CT molecular complexity index is 664. The number of hydrogen-bond donors (Lipinski definition) is 2. The average molecular weight is 460 g/mol. The van der Waals surface area contributed by atoms with Gasteiger partial charge < -0.3 is 10.6 Å². The van der Waals surface area contributed by atoms with Crippen LogP contribution in [-0.2, 0) is 19.4 Å². The molecule has 0 spiro atoms. The summed E-state index contributed by atoms with van der Waals surface area (Å²) in [5.74, 6) is 0.831. The fourth-order valence-corrected chi connectivity index (χ4v) is 3.34. The molecule has 0 aromatic carbocycles. The zero-order chi connectivity index (χ0) is 16.2. The highest BCUT2D eigenvalue weighted by atomic mass is 127. The molecule has 1 unspecified atom stereocenters. The molecule has 0 aliphatic heterocycles. The van der Waals surface area contributed by atoms with Crippen molar-refractivity contribution in [2.24, 2.45) is 4.99 Å². The van der Waals surface area contributed by atoms with Gasteiger partial charge in [-0.15, -0.1) is 35.3 Å². The fraction of sp³-hybridized carbons (Fsp3) is 0.562. The predicted molar refractivity (Wildman–Crippen MR) is 109 cm³/mol. The highest BCUT2D eigenvalue weighted by Gasteiger charge is 2.22. The summed E-state index contributed by atoms with van der Waals surface area (Å²) in [6.07, 6.45) is 7.16. The van der Waals surface area contributed by atoms with Crippen molar-refractivity contribution < 1.29 is 0 Å². The van der Waals surface area contributed by atoms with Crippen LogP contribution in [0.1, 0.15) is 42.6 Å². The fourth-order valence-electron chi connectivity index (χ4n) is 2.79. The van der Waals surface area contributed by atoms with Gasteiger partial charge in [-0.1, -0.05) is 0 Å². The van der Waals surface area contributed by atoms with Crippen LogP contribution in [0.2, 0.25) is 0 Å². The summed E-state index contributed by atoms with van der Waals surface area (Å²) in [6, 6.07) is 0.792. The number of guanidine groups is 1. The molecule has 2 aromatic rings. The summed E-state index contributed by atoms with van der Waals surface area (Å²) in [5, 5.41) is 14.6. The van der Waals surface area contributed by atoms with Crippen molar-refractivity contribution in [1.29, 1.82) is 0 Å². The van der Waals surface area contributed by atoms with E-state index in [0.29, 0.717) is 18.6 Å². The van der Waals surface area contributed by atoms with Crippen molar-refractivity contribution in [1.82, 2.24) is 25.4 Å². The second kappa shape index (κ2) is 8.80. The summed E-state index contributed by atoms with van der Waals surface area (Å²) in [6.45, 7) is 5.04. The van der Waals surface area contributed by atoms with E-state index in [9.17, 15) is 0 Å². The minimum atomic E-state index is 0.